The van der Waals surface area contributed by atoms with Crippen LogP contribution in [0.4, 0.5) is 0 Å². The second-order valence-electron chi connectivity index (χ2n) is 5.08. The number of hydrogen-bond acceptors (Lipinski definition) is 3. The van der Waals surface area contributed by atoms with Crippen LogP contribution >= 0.6 is 0 Å². The second-order valence-corrected chi connectivity index (χ2v) is 5.08. The standard InChI is InChI=1S/C17H23N3/c1-3-5-8-14-10-11-16(17-18-12-7-13-19-17)20-15(14)9-6-4-2/h7,10-13H,3-6,8-9H2,1-2H3. The molecule has 0 aromatic carbocycles. The van der Waals surface area contributed by atoms with Gasteiger partial charge in [0.15, 0.2) is 5.82 Å². The number of aromatic nitrogens is 3. The van der Waals surface area contributed by atoms with Crippen LogP contribution in [-0.2, 0) is 12.8 Å². The molecule has 20 heavy (non-hydrogen) atoms. The van der Waals surface area contributed by atoms with E-state index in [2.05, 4.69) is 35.9 Å². The maximum absolute atomic E-state index is 4.81. The lowest BCUT2D eigenvalue weighted by Gasteiger charge is -2.10. The van der Waals surface area contributed by atoms with Crippen molar-refractivity contribution in [3.63, 3.8) is 0 Å². The van der Waals surface area contributed by atoms with Crippen LogP contribution in [0, 0.1) is 0 Å². The summed E-state index contributed by atoms with van der Waals surface area (Å²) < 4.78 is 0. The van der Waals surface area contributed by atoms with E-state index in [4.69, 9.17) is 4.98 Å². The smallest absolute Gasteiger partial charge is 0.178 e. The lowest BCUT2D eigenvalue weighted by molar-refractivity contribution is 0.741. The first-order chi connectivity index (χ1) is 9.85. The van der Waals surface area contributed by atoms with Crippen LogP contribution in [0.15, 0.2) is 30.6 Å². The van der Waals surface area contributed by atoms with Crippen molar-refractivity contribution < 1.29 is 0 Å². The van der Waals surface area contributed by atoms with E-state index in [0.29, 0.717) is 5.82 Å². The van der Waals surface area contributed by atoms with Gasteiger partial charge < -0.3 is 0 Å². The molecule has 2 heterocycles. The maximum Gasteiger partial charge on any atom is 0.178 e. The highest BCUT2D eigenvalue weighted by Gasteiger charge is 2.08. The fraction of sp³-hybridized carbons (Fsp3) is 0.471. The molecule has 3 heteroatoms. The highest BCUT2D eigenvalue weighted by atomic mass is 14.9. The summed E-state index contributed by atoms with van der Waals surface area (Å²) in [6, 6.07) is 6.09. The minimum atomic E-state index is 0.715. The molecule has 0 N–H and O–H groups in total. The van der Waals surface area contributed by atoms with E-state index in [9.17, 15) is 0 Å². The second kappa shape index (κ2) is 7.73. The van der Waals surface area contributed by atoms with Gasteiger partial charge in [0, 0.05) is 18.1 Å². The molecule has 0 unspecified atom stereocenters. The molecule has 3 nitrogen and oxygen atoms in total. The van der Waals surface area contributed by atoms with Crippen molar-refractivity contribution >= 4 is 0 Å². The molecule has 0 aliphatic rings. The van der Waals surface area contributed by atoms with Crippen LogP contribution in [0.5, 0.6) is 0 Å². The van der Waals surface area contributed by atoms with Crippen molar-refractivity contribution in [3.05, 3.63) is 41.9 Å². The number of nitrogens with zero attached hydrogens (tertiary/aromatic N) is 3. The average molecular weight is 269 g/mol. The molecular formula is C17H23N3. The first-order valence-electron chi connectivity index (χ1n) is 7.61. The lowest BCUT2D eigenvalue weighted by atomic mass is 10.0. The number of aryl methyl sites for hydroxylation is 2. The molecule has 2 aromatic heterocycles. The van der Waals surface area contributed by atoms with E-state index in [1.54, 1.807) is 12.4 Å². The van der Waals surface area contributed by atoms with E-state index < -0.39 is 0 Å². The van der Waals surface area contributed by atoms with Crippen molar-refractivity contribution in [1.82, 2.24) is 15.0 Å². The fourth-order valence-electron chi connectivity index (χ4n) is 2.24. The molecule has 106 valence electrons. The van der Waals surface area contributed by atoms with Crippen molar-refractivity contribution in [3.8, 4) is 11.5 Å². The Morgan fingerprint density at radius 1 is 0.900 bits per heavy atom. The third kappa shape index (κ3) is 3.86. The third-order valence-electron chi connectivity index (χ3n) is 3.43. The van der Waals surface area contributed by atoms with Gasteiger partial charge in [-0.05, 0) is 43.4 Å². The van der Waals surface area contributed by atoms with Crippen LogP contribution in [0.25, 0.3) is 11.5 Å². The Bertz CT molecular complexity index is 523. The fourth-order valence-corrected chi connectivity index (χ4v) is 2.24. The van der Waals surface area contributed by atoms with Gasteiger partial charge in [-0.15, -0.1) is 0 Å². The molecule has 0 aliphatic heterocycles. The van der Waals surface area contributed by atoms with Gasteiger partial charge in [-0.25, -0.2) is 15.0 Å². The SMILES string of the molecule is CCCCc1ccc(-c2ncccn2)nc1CCCC. The van der Waals surface area contributed by atoms with E-state index in [0.717, 1.165) is 18.5 Å². The van der Waals surface area contributed by atoms with Gasteiger partial charge in [0.25, 0.3) is 0 Å². The molecule has 0 atom stereocenters. The van der Waals surface area contributed by atoms with Crippen LogP contribution in [-0.4, -0.2) is 15.0 Å². The zero-order chi connectivity index (χ0) is 14.2. The summed E-state index contributed by atoms with van der Waals surface area (Å²) in [6.07, 6.45) is 10.5. The molecule has 0 radical (unpaired) electrons. The van der Waals surface area contributed by atoms with Crippen molar-refractivity contribution in [2.24, 2.45) is 0 Å². The molecule has 0 saturated carbocycles. The average Bonchev–Trinajstić information content (AvgIpc) is 2.52. The Hall–Kier alpha value is -1.77. The zero-order valence-electron chi connectivity index (χ0n) is 12.5. The molecule has 0 amide bonds. The normalized spacial score (nSPS) is 10.7. The quantitative estimate of drug-likeness (QED) is 0.755. The Balaban J connectivity index is 2.27. The van der Waals surface area contributed by atoms with E-state index in [1.165, 1.54) is 36.9 Å². The summed E-state index contributed by atoms with van der Waals surface area (Å²) in [6.45, 7) is 4.45. The summed E-state index contributed by atoms with van der Waals surface area (Å²) in [7, 11) is 0. The van der Waals surface area contributed by atoms with Crippen LogP contribution < -0.4 is 0 Å². The highest BCUT2D eigenvalue weighted by molar-refractivity contribution is 5.49. The van der Waals surface area contributed by atoms with E-state index in [1.807, 2.05) is 6.07 Å². The molecule has 2 aromatic rings. The highest BCUT2D eigenvalue weighted by Crippen LogP contribution is 2.18. The van der Waals surface area contributed by atoms with Crippen molar-refractivity contribution in [2.45, 2.75) is 52.4 Å². The summed E-state index contributed by atoms with van der Waals surface area (Å²) in [5, 5.41) is 0. The van der Waals surface area contributed by atoms with E-state index >= 15 is 0 Å². The summed E-state index contributed by atoms with van der Waals surface area (Å²) in [5.74, 6) is 0.715. The molecule has 0 fully saturated rings. The summed E-state index contributed by atoms with van der Waals surface area (Å²) in [5.41, 5.74) is 3.50. The van der Waals surface area contributed by atoms with E-state index in [-0.39, 0.29) is 0 Å². The topological polar surface area (TPSA) is 38.7 Å². The Labute approximate surface area is 121 Å². The zero-order valence-corrected chi connectivity index (χ0v) is 12.5. The van der Waals surface area contributed by atoms with Gasteiger partial charge in [-0.1, -0.05) is 32.8 Å². The third-order valence-corrected chi connectivity index (χ3v) is 3.43. The molecule has 0 aliphatic carbocycles. The van der Waals surface area contributed by atoms with Gasteiger partial charge in [0.05, 0.1) is 0 Å². The summed E-state index contributed by atoms with van der Waals surface area (Å²) in [4.78, 5) is 13.4. The molecule has 0 spiro atoms. The number of rotatable bonds is 7. The van der Waals surface area contributed by atoms with Gasteiger partial charge in [0.1, 0.15) is 5.69 Å². The minimum Gasteiger partial charge on any atom is -0.249 e. The number of pyridine rings is 1. The van der Waals surface area contributed by atoms with Crippen LogP contribution in [0.2, 0.25) is 0 Å². The molecule has 2 rings (SSSR count). The number of hydrogen-bond donors (Lipinski definition) is 0. The molecule has 0 saturated heterocycles. The van der Waals surface area contributed by atoms with Gasteiger partial charge >= 0.3 is 0 Å². The summed E-state index contributed by atoms with van der Waals surface area (Å²) >= 11 is 0. The van der Waals surface area contributed by atoms with Crippen LogP contribution in [0.3, 0.4) is 0 Å². The maximum atomic E-state index is 4.81. The minimum absolute atomic E-state index is 0.715. The monoisotopic (exact) mass is 269 g/mol. The molecule has 0 bridgehead atoms. The Kier molecular flexibility index (Phi) is 5.66. The largest absolute Gasteiger partial charge is 0.249 e. The predicted molar refractivity (Wildman–Crippen MR) is 82.5 cm³/mol. The lowest BCUT2D eigenvalue weighted by Crippen LogP contribution is -2.01. The van der Waals surface area contributed by atoms with Crippen molar-refractivity contribution in [2.75, 3.05) is 0 Å². The van der Waals surface area contributed by atoms with Gasteiger partial charge in [0.2, 0.25) is 0 Å². The molecular weight excluding hydrogens is 246 g/mol. The van der Waals surface area contributed by atoms with Crippen LogP contribution in [0.1, 0.15) is 50.8 Å². The Morgan fingerprint density at radius 3 is 2.30 bits per heavy atom. The van der Waals surface area contributed by atoms with Gasteiger partial charge in [-0.3, -0.25) is 0 Å². The first kappa shape index (κ1) is 14.6. The first-order valence-corrected chi connectivity index (χ1v) is 7.61. The van der Waals surface area contributed by atoms with Crippen molar-refractivity contribution in [1.29, 1.82) is 0 Å². The Morgan fingerprint density at radius 2 is 1.60 bits per heavy atom. The predicted octanol–water partition coefficient (Wildman–Crippen LogP) is 4.22. The number of unbranched alkanes of at least 4 members (excludes halogenated alkanes) is 2. The van der Waals surface area contributed by atoms with Gasteiger partial charge in [-0.2, -0.15) is 0 Å².